The van der Waals surface area contributed by atoms with Gasteiger partial charge in [-0.15, -0.1) is 0 Å². The molecule has 0 saturated heterocycles. The van der Waals surface area contributed by atoms with E-state index in [-0.39, 0.29) is 16.7 Å². The van der Waals surface area contributed by atoms with Gasteiger partial charge in [0.25, 0.3) is 0 Å². The number of hydrogen-bond donors (Lipinski definition) is 1. The van der Waals surface area contributed by atoms with Crippen molar-refractivity contribution in [3.63, 3.8) is 0 Å². The molecule has 0 radical (unpaired) electrons. The number of para-hydroxylation sites is 1. The highest BCUT2D eigenvalue weighted by Crippen LogP contribution is 2.34. The predicted molar refractivity (Wildman–Crippen MR) is 89.6 cm³/mol. The van der Waals surface area contributed by atoms with Gasteiger partial charge in [0.05, 0.1) is 28.0 Å². The molecule has 3 aromatic rings. The zero-order valence-corrected chi connectivity index (χ0v) is 13.7. The first-order valence-electron chi connectivity index (χ1n) is 6.91. The van der Waals surface area contributed by atoms with Crippen LogP contribution in [0.15, 0.2) is 42.6 Å². The Hall–Kier alpha value is -1.88. The highest BCUT2D eigenvalue weighted by Gasteiger charge is 2.17. The molecule has 6 heteroatoms. The molecule has 0 spiro atoms. The highest BCUT2D eigenvalue weighted by molar-refractivity contribution is 6.36. The Bertz CT molecular complexity index is 877. The molecule has 0 saturated carbocycles. The van der Waals surface area contributed by atoms with Crippen LogP contribution in [-0.2, 0) is 6.61 Å². The molecular formula is C17H13Cl2FN2O. The van der Waals surface area contributed by atoms with Crippen molar-refractivity contribution in [2.45, 2.75) is 13.5 Å². The molecule has 1 aromatic heterocycles. The summed E-state index contributed by atoms with van der Waals surface area (Å²) in [5.74, 6) is -0.583. The smallest absolute Gasteiger partial charge is 0.142 e. The topological polar surface area (TPSA) is 38.0 Å². The molecule has 0 fully saturated rings. The fraction of sp³-hybridized carbons (Fsp3) is 0.118. The SMILES string of the molecule is Cc1ccccc1-n1cc(CO)c(-c2cc(F)c(Cl)cc2Cl)n1. The van der Waals surface area contributed by atoms with Crippen LogP contribution in [-0.4, -0.2) is 14.9 Å². The number of benzene rings is 2. The Morgan fingerprint density at radius 1 is 1.17 bits per heavy atom. The molecule has 2 aromatic carbocycles. The minimum absolute atomic E-state index is 0.0531. The summed E-state index contributed by atoms with van der Waals surface area (Å²) in [7, 11) is 0. The molecule has 0 unspecified atom stereocenters. The summed E-state index contributed by atoms with van der Waals surface area (Å²) in [6, 6.07) is 10.3. The van der Waals surface area contributed by atoms with E-state index in [1.807, 2.05) is 31.2 Å². The van der Waals surface area contributed by atoms with Crippen molar-refractivity contribution in [2.24, 2.45) is 0 Å². The van der Waals surface area contributed by atoms with Crippen molar-refractivity contribution >= 4 is 23.2 Å². The van der Waals surface area contributed by atoms with Gasteiger partial charge in [0.1, 0.15) is 5.82 Å². The number of halogens is 3. The van der Waals surface area contributed by atoms with Gasteiger partial charge < -0.3 is 5.11 Å². The molecule has 0 bridgehead atoms. The van der Waals surface area contributed by atoms with E-state index in [4.69, 9.17) is 23.2 Å². The third-order valence-corrected chi connectivity index (χ3v) is 4.19. The average Bonchev–Trinajstić information content (AvgIpc) is 2.95. The van der Waals surface area contributed by atoms with E-state index in [2.05, 4.69) is 5.10 Å². The summed E-state index contributed by atoms with van der Waals surface area (Å²) in [5.41, 5.74) is 3.27. The molecule has 0 atom stereocenters. The minimum atomic E-state index is -0.583. The molecular weight excluding hydrogens is 338 g/mol. The second-order valence-corrected chi connectivity index (χ2v) is 5.95. The summed E-state index contributed by atoms with van der Waals surface area (Å²) in [6.07, 6.45) is 1.71. The van der Waals surface area contributed by atoms with Crippen LogP contribution >= 0.6 is 23.2 Å². The van der Waals surface area contributed by atoms with E-state index in [1.165, 1.54) is 12.1 Å². The predicted octanol–water partition coefficient (Wildman–Crippen LogP) is 4.79. The van der Waals surface area contributed by atoms with Crippen LogP contribution in [0.1, 0.15) is 11.1 Å². The first kappa shape index (κ1) is 16.0. The van der Waals surface area contributed by atoms with E-state index in [9.17, 15) is 9.50 Å². The lowest BCUT2D eigenvalue weighted by Crippen LogP contribution is -1.97. The highest BCUT2D eigenvalue weighted by atomic mass is 35.5. The maximum Gasteiger partial charge on any atom is 0.142 e. The normalized spacial score (nSPS) is 11.0. The summed E-state index contributed by atoms with van der Waals surface area (Å²) in [4.78, 5) is 0. The summed E-state index contributed by atoms with van der Waals surface area (Å²) in [6.45, 7) is 1.73. The second-order valence-electron chi connectivity index (χ2n) is 5.14. The standard InChI is InChI=1S/C17H13Cl2FN2O/c1-10-4-2-3-5-16(10)22-8-11(9-23)17(21-22)12-6-15(20)14(19)7-13(12)18/h2-8,23H,9H2,1H3. The van der Waals surface area contributed by atoms with E-state index >= 15 is 0 Å². The van der Waals surface area contributed by atoms with Gasteiger partial charge in [0, 0.05) is 17.3 Å². The lowest BCUT2D eigenvalue weighted by atomic mass is 10.1. The van der Waals surface area contributed by atoms with Crippen LogP contribution in [0.25, 0.3) is 16.9 Å². The number of aliphatic hydroxyl groups excluding tert-OH is 1. The summed E-state index contributed by atoms with van der Waals surface area (Å²) >= 11 is 11.9. The van der Waals surface area contributed by atoms with Crippen LogP contribution in [0.4, 0.5) is 4.39 Å². The molecule has 23 heavy (non-hydrogen) atoms. The molecule has 3 rings (SSSR count). The third-order valence-electron chi connectivity index (χ3n) is 3.59. The molecule has 0 aliphatic carbocycles. The molecule has 0 aliphatic rings. The number of aromatic nitrogens is 2. The Labute approximate surface area is 142 Å². The quantitative estimate of drug-likeness (QED) is 0.690. The third kappa shape index (κ3) is 2.98. The molecule has 1 heterocycles. The van der Waals surface area contributed by atoms with Crippen molar-refractivity contribution in [1.82, 2.24) is 9.78 Å². The Kier molecular flexibility index (Phi) is 4.39. The van der Waals surface area contributed by atoms with Gasteiger partial charge in [0.15, 0.2) is 0 Å². The Morgan fingerprint density at radius 3 is 2.61 bits per heavy atom. The lowest BCUT2D eigenvalue weighted by Gasteiger charge is -2.06. The molecule has 3 nitrogen and oxygen atoms in total. The lowest BCUT2D eigenvalue weighted by molar-refractivity contribution is 0.282. The van der Waals surface area contributed by atoms with Crippen LogP contribution in [0.5, 0.6) is 0 Å². The first-order valence-corrected chi connectivity index (χ1v) is 7.67. The fourth-order valence-corrected chi connectivity index (χ4v) is 2.87. The van der Waals surface area contributed by atoms with Crippen molar-refractivity contribution in [2.75, 3.05) is 0 Å². The van der Waals surface area contributed by atoms with Crippen molar-refractivity contribution < 1.29 is 9.50 Å². The van der Waals surface area contributed by atoms with Gasteiger partial charge >= 0.3 is 0 Å². The maximum absolute atomic E-state index is 13.8. The van der Waals surface area contributed by atoms with Crippen molar-refractivity contribution in [3.8, 4) is 16.9 Å². The van der Waals surface area contributed by atoms with Crippen LogP contribution in [0.2, 0.25) is 10.0 Å². The number of rotatable bonds is 3. The molecule has 1 N–H and O–H groups in total. The van der Waals surface area contributed by atoms with Crippen LogP contribution in [0, 0.1) is 12.7 Å². The number of aryl methyl sites for hydroxylation is 1. The van der Waals surface area contributed by atoms with Gasteiger partial charge in [0.2, 0.25) is 0 Å². The van der Waals surface area contributed by atoms with Crippen molar-refractivity contribution in [1.29, 1.82) is 0 Å². The van der Waals surface area contributed by atoms with Gasteiger partial charge in [-0.1, -0.05) is 41.4 Å². The van der Waals surface area contributed by atoms with E-state index in [1.54, 1.807) is 10.9 Å². The number of aliphatic hydroxyl groups is 1. The molecule has 118 valence electrons. The van der Waals surface area contributed by atoms with E-state index in [0.29, 0.717) is 16.8 Å². The molecule has 0 aliphatic heterocycles. The van der Waals surface area contributed by atoms with Gasteiger partial charge in [-0.25, -0.2) is 9.07 Å². The number of hydrogen-bond acceptors (Lipinski definition) is 2. The maximum atomic E-state index is 13.8. The average molecular weight is 351 g/mol. The van der Waals surface area contributed by atoms with Crippen LogP contribution in [0.3, 0.4) is 0 Å². The minimum Gasteiger partial charge on any atom is -0.392 e. The van der Waals surface area contributed by atoms with Gasteiger partial charge in [-0.05, 0) is 30.7 Å². The van der Waals surface area contributed by atoms with Crippen LogP contribution < -0.4 is 0 Å². The second kappa shape index (κ2) is 6.32. The summed E-state index contributed by atoms with van der Waals surface area (Å²) in [5, 5.41) is 14.3. The number of nitrogens with zero attached hydrogens (tertiary/aromatic N) is 2. The largest absolute Gasteiger partial charge is 0.392 e. The zero-order chi connectivity index (χ0) is 16.6. The van der Waals surface area contributed by atoms with E-state index < -0.39 is 5.82 Å². The van der Waals surface area contributed by atoms with Gasteiger partial charge in [-0.2, -0.15) is 5.10 Å². The fourth-order valence-electron chi connectivity index (χ4n) is 2.40. The van der Waals surface area contributed by atoms with Crippen molar-refractivity contribution in [3.05, 3.63) is 69.6 Å². The van der Waals surface area contributed by atoms with E-state index in [0.717, 1.165) is 11.3 Å². The monoisotopic (exact) mass is 350 g/mol. The Morgan fingerprint density at radius 2 is 1.91 bits per heavy atom. The Balaban J connectivity index is 2.18. The summed E-state index contributed by atoms with van der Waals surface area (Å²) < 4.78 is 15.4. The zero-order valence-electron chi connectivity index (χ0n) is 12.2. The first-order chi connectivity index (χ1) is 11.0. The molecule has 0 amide bonds. The van der Waals surface area contributed by atoms with Gasteiger partial charge in [-0.3, -0.25) is 0 Å².